The molecule has 0 saturated heterocycles. The highest BCUT2D eigenvalue weighted by atomic mass is 31.2. The summed E-state index contributed by atoms with van der Waals surface area (Å²) in [4.78, 5) is 72.3. The largest absolute Gasteiger partial charge is 0.472 e. The molecule has 0 fully saturated rings. The quantitative estimate of drug-likeness (QED) is 0.0169. The van der Waals surface area contributed by atoms with Crippen molar-refractivity contribution in [2.75, 3.05) is 39.6 Å². The maximum absolute atomic E-state index is 13.1. The van der Waals surface area contributed by atoms with Crippen LogP contribution in [0.4, 0.5) is 0 Å². The van der Waals surface area contributed by atoms with Crippen LogP contribution in [0.1, 0.15) is 362 Å². The van der Waals surface area contributed by atoms with Gasteiger partial charge in [-0.05, 0) is 57.3 Å². The summed E-state index contributed by atoms with van der Waals surface area (Å²) in [6.07, 6.45) is 58.1. The summed E-state index contributed by atoms with van der Waals surface area (Å²) in [7, 11) is -9.90. The van der Waals surface area contributed by atoms with Gasteiger partial charge in [0.15, 0.2) is 12.2 Å². The molecular formula is C74H140O17P2. The number of aliphatic hydroxyl groups is 1. The second-order valence-electron chi connectivity index (χ2n) is 26.2. The molecule has 0 amide bonds. The van der Waals surface area contributed by atoms with Crippen LogP contribution >= 0.6 is 15.6 Å². The third-order valence-corrected chi connectivity index (χ3v) is 18.9. The fourth-order valence-electron chi connectivity index (χ4n) is 10.8. The van der Waals surface area contributed by atoms with Crippen LogP contribution < -0.4 is 0 Å². The Kier molecular flexibility index (Phi) is 65.0. The molecule has 3 N–H and O–H groups in total. The zero-order valence-electron chi connectivity index (χ0n) is 59.9. The van der Waals surface area contributed by atoms with Crippen molar-refractivity contribution in [2.24, 2.45) is 5.92 Å². The second kappa shape index (κ2) is 66.8. The Hall–Kier alpha value is -2.46. The van der Waals surface area contributed by atoms with Gasteiger partial charge >= 0.3 is 39.5 Å². The van der Waals surface area contributed by atoms with Gasteiger partial charge in [-0.3, -0.25) is 37.3 Å². The molecule has 0 radical (unpaired) electrons. The fourth-order valence-corrected chi connectivity index (χ4v) is 12.4. The lowest BCUT2D eigenvalue weighted by Crippen LogP contribution is -2.30. The number of carbonyl (C=O) groups excluding carboxylic acids is 4. The van der Waals surface area contributed by atoms with E-state index in [-0.39, 0.29) is 25.7 Å². The number of phosphoric ester groups is 2. The van der Waals surface area contributed by atoms with Crippen molar-refractivity contribution < 1.29 is 80.2 Å². The minimum absolute atomic E-state index is 0.102. The van der Waals surface area contributed by atoms with Gasteiger partial charge in [-0.1, -0.05) is 309 Å². The lowest BCUT2D eigenvalue weighted by atomic mass is 9.99. The van der Waals surface area contributed by atoms with Crippen LogP contribution in [0.5, 0.6) is 0 Å². The Bertz CT molecular complexity index is 1880. The number of phosphoric acid groups is 2. The van der Waals surface area contributed by atoms with Crippen LogP contribution in [0.15, 0.2) is 24.3 Å². The maximum atomic E-state index is 13.1. The maximum Gasteiger partial charge on any atom is 0.472 e. The van der Waals surface area contributed by atoms with E-state index in [0.29, 0.717) is 25.7 Å². The molecule has 0 spiro atoms. The molecule has 19 heteroatoms. The van der Waals surface area contributed by atoms with Crippen molar-refractivity contribution in [3.63, 3.8) is 0 Å². The van der Waals surface area contributed by atoms with E-state index in [4.69, 9.17) is 37.0 Å². The third-order valence-electron chi connectivity index (χ3n) is 17.0. The normalized spacial score (nSPS) is 14.5. The monoisotopic (exact) mass is 1360 g/mol. The number of hydrogen-bond acceptors (Lipinski definition) is 15. The van der Waals surface area contributed by atoms with Gasteiger partial charge in [-0.2, -0.15) is 0 Å². The number of aliphatic hydroxyl groups excluding tert-OH is 1. The van der Waals surface area contributed by atoms with Crippen molar-refractivity contribution in [3.8, 4) is 0 Å². The molecule has 0 saturated carbocycles. The van der Waals surface area contributed by atoms with E-state index in [1.54, 1.807) is 0 Å². The number of unbranched alkanes of at least 4 members (excludes halogenated alkanes) is 40. The summed E-state index contributed by atoms with van der Waals surface area (Å²) < 4.78 is 68.1. The second-order valence-corrected chi connectivity index (χ2v) is 29.1. The summed E-state index contributed by atoms with van der Waals surface area (Å²) in [6, 6.07) is 0. The third kappa shape index (κ3) is 66.6. The van der Waals surface area contributed by atoms with Gasteiger partial charge in [0.2, 0.25) is 0 Å². The number of ether oxygens (including phenoxy) is 4. The van der Waals surface area contributed by atoms with Crippen LogP contribution in [-0.2, 0) is 65.4 Å². The summed E-state index contributed by atoms with van der Waals surface area (Å²) >= 11 is 0. The predicted molar refractivity (Wildman–Crippen MR) is 377 cm³/mol. The molecule has 0 rings (SSSR count). The molecule has 0 aromatic carbocycles. The van der Waals surface area contributed by atoms with Gasteiger partial charge in [0.25, 0.3) is 0 Å². The van der Waals surface area contributed by atoms with E-state index < -0.39 is 97.5 Å². The van der Waals surface area contributed by atoms with E-state index in [0.717, 1.165) is 121 Å². The Balaban J connectivity index is 5.14. The van der Waals surface area contributed by atoms with E-state index in [2.05, 4.69) is 58.9 Å². The Labute approximate surface area is 567 Å². The summed E-state index contributed by atoms with van der Waals surface area (Å²) in [5.41, 5.74) is 0. The molecule has 0 aromatic heterocycles. The molecule has 0 aromatic rings. The Morgan fingerprint density at radius 3 is 0.914 bits per heavy atom. The summed E-state index contributed by atoms with van der Waals surface area (Å²) in [5.74, 6) is -1.29. The first-order valence-electron chi connectivity index (χ1n) is 38.0. The zero-order chi connectivity index (χ0) is 68.4. The average Bonchev–Trinajstić information content (AvgIpc) is 3.45. The Morgan fingerprint density at radius 2 is 0.602 bits per heavy atom. The number of allylic oxidation sites excluding steroid dienone is 4. The van der Waals surface area contributed by atoms with Crippen molar-refractivity contribution in [3.05, 3.63) is 24.3 Å². The highest BCUT2D eigenvalue weighted by Gasteiger charge is 2.30. The van der Waals surface area contributed by atoms with Crippen molar-refractivity contribution in [1.82, 2.24) is 0 Å². The lowest BCUT2D eigenvalue weighted by molar-refractivity contribution is -0.161. The Morgan fingerprint density at radius 1 is 0.344 bits per heavy atom. The average molecular weight is 1360 g/mol. The van der Waals surface area contributed by atoms with Crippen LogP contribution in [0.3, 0.4) is 0 Å². The van der Waals surface area contributed by atoms with E-state index in [9.17, 15) is 43.2 Å². The first kappa shape index (κ1) is 90.5. The zero-order valence-corrected chi connectivity index (χ0v) is 61.7. The highest BCUT2D eigenvalue weighted by Crippen LogP contribution is 2.45. The first-order valence-corrected chi connectivity index (χ1v) is 41.0. The molecule has 0 heterocycles. The first-order chi connectivity index (χ1) is 45.1. The topological polar surface area (TPSA) is 237 Å². The van der Waals surface area contributed by atoms with Crippen molar-refractivity contribution in [1.29, 1.82) is 0 Å². The molecule has 93 heavy (non-hydrogen) atoms. The highest BCUT2D eigenvalue weighted by molar-refractivity contribution is 7.47. The molecule has 17 nitrogen and oxygen atoms in total. The summed E-state index contributed by atoms with van der Waals surface area (Å²) in [6.45, 7) is 7.18. The molecule has 6 atom stereocenters. The fraction of sp³-hybridized carbons (Fsp3) is 0.892. The minimum Gasteiger partial charge on any atom is -0.462 e. The van der Waals surface area contributed by atoms with E-state index in [1.807, 2.05) is 0 Å². The van der Waals surface area contributed by atoms with Crippen LogP contribution in [0.25, 0.3) is 0 Å². The van der Waals surface area contributed by atoms with Gasteiger partial charge in [0.05, 0.1) is 26.4 Å². The minimum atomic E-state index is -4.96. The van der Waals surface area contributed by atoms with Crippen molar-refractivity contribution >= 4 is 39.5 Å². The van der Waals surface area contributed by atoms with Crippen LogP contribution in [0, 0.1) is 5.92 Å². The molecular weight excluding hydrogens is 1220 g/mol. The SMILES string of the molecule is CCCCCC/C=C\C=C/CCCCCCCC(=O)OC[C@H](COP(=O)(O)OC[C@@H](O)COP(=O)(O)OC[C@@H](COC(=O)CCCCCCC)OC(=O)CCCCCCCCCCCCC)OC(=O)CCCCCCCCCCCCCCCCCCCCC(C)CC. The van der Waals surface area contributed by atoms with Gasteiger partial charge in [-0.15, -0.1) is 0 Å². The smallest absolute Gasteiger partial charge is 0.462 e. The number of hydrogen-bond donors (Lipinski definition) is 3. The molecule has 0 bridgehead atoms. The molecule has 0 aliphatic carbocycles. The van der Waals surface area contributed by atoms with Gasteiger partial charge in [-0.25, -0.2) is 9.13 Å². The number of carbonyl (C=O) groups is 4. The van der Waals surface area contributed by atoms with Gasteiger partial charge in [0, 0.05) is 25.7 Å². The molecule has 0 aliphatic rings. The van der Waals surface area contributed by atoms with Crippen LogP contribution in [0.2, 0.25) is 0 Å². The predicted octanol–water partition coefficient (Wildman–Crippen LogP) is 21.2. The molecule has 548 valence electrons. The van der Waals surface area contributed by atoms with E-state index in [1.165, 1.54) is 161 Å². The number of esters is 4. The lowest BCUT2D eigenvalue weighted by Gasteiger charge is -2.21. The van der Waals surface area contributed by atoms with Gasteiger partial charge in [0.1, 0.15) is 19.3 Å². The number of rotatable bonds is 72. The van der Waals surface area contributed by atoms with Crippen molar-refractivity contribution in [2.45, 2.75) is 380 Å². The molecule has 0 aliphatic heterocycles. The molecule has 3 unspecified atom stereocenters. The van der Waals surface area contributed by atoms with E-state index >= 15 is 0 Å². The summed E-state index contributed by atoms with van der Waals surface area (Å²) in [5, 5.41) is 10.6. The standard InChI is InChI=1S/C74H140O17P2/c1-6-10-13-16-18-20-22-23-28-32-36-39-43-48-53-58-72(77)85-64-70(91-74(79)60-55-50-45-41-37-33-30-27-25-24-26-29-31-35-38-42-47-51-56-67(5)9-4)66-89-93(82,83)87-62-68(75)61-86-92(80,81)88-65-69(63-84-71(76)57-52-46-15-12-8-3)90-73(78)59-54-49-44-40-34-21-19-17-14-11-7-2/h20,22-23,28,67-70,75H,6-19,21,24-27,29-66H2,1-5H3,(H,80,81)(H,82,83)/b22-20-,28-23-/t67?,68-,69+,70+/m0/s1. The van der Waals surface area contributed by atoms with Gasteiger partial charge < -0.3 is 33.8 Å². The van der Waals surface area contributed by atoms with Crippen LogP contribution in [-0.4, -0.2) is 96.7 Å².